The Kier molecular flexibility index (Phi) is 5.58. The molecule has 1 fully saturated rings. The number of benzene rings is 1. The molecule has 1 aromatic rings. The van der Waals surface area contributed by atoms with Gasteiger partial charge in [-0.05, 0) is 18.4 Å². The van der Waals surface area contributed by atoms with Crippen LogP contribution in [-0.2, 0) is 6.54 Å². The molecule has 0 bridgehead atoms. The van der Waals surface area contributed by atoms with E-state index in [0.717, 1.165) is 12.1 Å². The lowest BCUT2D eigenvalue weighted by molar-refractivity contribution is -0.384. The van der Waals surface area contributed by atoms with E-state index in [-0.39, 0.29) is 27.6 Å². The first-order valence-corrected chi connectivity index (χ1v) is 5.72. The Hall–Kier alpha value is -0.940. The number of nitro benzene ring substituents is 1. The van der Waals surface area contributed by atoms with Crippen molar-refractivity contribution in [3.8, 4) is 0 Å². The molecule has 5 heteroatoms. The summed E-state index contributed by atoms with van der Waals surface area (Å²) in [5.41, 5.74) is 1.16. The highest BCUT2D eigenvalue weighted by atomic mass is 79.9. The zero-order valence-corrected chi connectivity index (χ0v) is 11.3. The van der Waals surface area contributed by atoms with Crippen molar-refractivity contribution in [2.24, 2.45) is 0 Å². The molecule has 0 amide bonds. The van der Waals surface area contributed by atoms with Crippen molar-refractivity contribution in [1.82, 2.24) is 5.32 Å². The fourth-order valence-electron chi connectivity index (χ4n) is 2.17. The number of nitro groups is 1. The van der Waals surface area contributed by atoms with Gasteiger partial charge >= 0.3 is 0 Å². The molecule has 17 heavy (non-hydrogen) atoms. The van der Waals surface area contributed by atoms with Crippen LogP contribution in [-0.4, -0.2) is 11.0 Å². The maximum Gasteiger partial charge on any atom is 0.269 e. The predicted octanol–water partition coefficient (Wildman–Crippen LogP) is 3.20. The second-order valence-corrected chi connectivity index (χ2v) is 4.29. The van der Waals surface area contributed by atoms with E-state index in [1.165, 1.54) is 31.7 Å². The molecular weight excluding hydrogens is 284 g/mol. The summed E-state index contributed by atoms with van der Waals surface area (Å²) in [7, 11) is 0. The van der Waals surface area contributed by atoms with E-state index in [1.54, 1.807) is 12.1 Å². The Morgan fingerprint density at radius 3 is 2.71 bits per heavy atom. The van der Waals surface area contributed by atoms with Crippen LogP contribution in [0.2, 0.25) is 0 Å². The average Bonchev–Trinajstić information content (AvgIpc) is 2.79. The van der Waals surface area contributed by atoms with Gasteiger partial charge in [-0.1, -0.05) is 25.0 Å². The van der Waals surface area contributed by atoms with Crippen LogP contribution in [0, 0.1) is 10.1 Å². The molecule has 1 saturated carbocycles. The van der Waals surface area contributed by atoms with Gasteiger partial charge in [-0.2, -0.15) is 0 Å². The SMILES string of the molecule is Br.O=[N+]([O-])c1cccc(CNC2CCCC2)c1. The lowest BCUT2D eigenvalue weighted by atomic mass is 10.2. The maximum atomic E-state index is 10.6. The van der Waals surface area contributed by atoms with Crippen LogP contribution in [0.1, 0.15) is 31.2 Å². The van der Waals surface area contributed by atoms with Crippen LogP contribution in [0.5, 0.6) is 0 Å². The molecule has 0 saturated heterocycles. The van der Waals surface area contributed by atoms with Gasteiger partial charge in [0, 0.05) is 24.7 Å². The highest BCUT2D eigenvalue weighted by Crippen LogP contribution is 2.19. The van der Waals surface area contributed by atoms with E-state index in [4.69, 9.17) is 0 Å². The highest BCUT2D eigenvalue weighted by molar-refractivity contribution is 8.93. The molecule has 1 N–H and O–H groups in total. The third kappa shape index (κ3) is 4.09. The van der Waals surface area contributed by atoms with Crippen LogP contribution in [0.3, 0.4) is 0 Å². The van der Waals surface area contributed by atoms with E-state index in [1.807, 2.05) is 6.07 Å². The normalized spacial score (nSPS) is 15.5. The first kappa shape index (κ1) is 14.1. The van der Waals surface area contributed by atoms with Crippen molar-refractivity contribution in [3.63, 3.8) is 0 Å². The van der Waals surface area contributed by atoms with Crippen LogP contribution in [0.25, 0.3) is 0 Å². The van der Waals surface area contributed by atoms with Crippen LogP contribution >= 0.6 is 17.0 Å². The van der Waals surface area contributed by atoms with Gasteiger partial charge in [-0.3, -0.25) is 10.1 Å². The van der Waals surface area contributed by atoms with Crippen molar-refractivity contribution in [2.75, 3.05) is 0 Å². The van der Waals surface area contributed by atoms with Crippen molar-refractivity contribution in [2.45, 2.75) is 38.3 Å². The molecule has 2 rings (SSSR count). The Labute approximate surface area is 111 Å². The smallest absolute Gasteiger partial charge is 0.269 e. The lowest BCUT2D eigenvalue weighted by Gasteiger charge is -2.11. The standard InChI is InChI=1S/C12H16N2O2.BrH/c15-14(16)12-7-3-4-10(8-12)9-13-11-5-1-2-6-11;/h3-4,7-8,11,13H,1-2,5-6,9H2;1H. The first-order chi connectivity index (χ1) is 7.75. The van der Waals surface area contributed by atoms with Crippen molar-refractivity contribution < 1.29 is 4.92 Å². The Morgan fingerprint density at radius 1 is 1.35 bits per heavy atom. The Balaban J connectivity index is 0.00000144. The van der Waals surface area contributed by atoms with E-state index in [0.29, 0.717) is 6.04 Å². The summed E-state index contributed by atoms with van der Waals surface area (Å²) >= 11 is 0. The number of nitrogens with one attached hydrogen (secondary N) is 1. The van der Waals surface area contributed by atoms with Crippen molar-refractivity contribution in [3.05, 3.63) is 39.9 Å². The zero-order valence-electron chi connectivity index (χ0n) is 9.59. The topological polar surface area (TPSA) is 55.2 Å². The number of hydrogen-bond acceptors (Lipinski definition) is 3. The second-order valence-electron chi connectivity index (χ2n) is 4.29. The van der Waals surface area contributed by atoms with Gasteiger partial charge in [0.05, 0.1) is 4.92 Å². The third-order valence-electron chi connectivity index (χ3n) is 3.07. The van der Waals surface area contributed by atoms with Gasteiger partial charge in [-0.15, -0.1) is 17.0 Å². The molecule has 0 heterocycles. The van der Waals surface area contributed by atoms with E-state index in [9.17, 15) is 10.1 Å². The van der Waals surface area contributed by atoms with Crippen LogP contribution in [0.15, 0.2) is 24.3 Å². The molecule has 0 unspecified atom stereocenters. The molecule has 1 aliphatic carbocycles. The number of nitrogens with zero attached hydrogens (tertiary/aromatic N) is 1. The summed E-state index contributed by atoms with van der Waals surface area (Å²) in [5.74, 6) is 0. The number of halogens is 1. The zero-order chi connectivity index (χ0) is 11.4. The number of non-ortho nitro benzene ring substituents is 1. The van der Waals surface area contributed by atoms with E-state index in [2.05, 4.69) is 5.32 Å². The summed E-state index contributed by atoms with van der Waals surface area (Å²) in [4.78, 5) is 10.3. The Bertz CT molecular complexity index is 379. The minimum atomic E-state index is -0.348. The molecule has 94 valence electrons. The molecule has 4 nitrogen and oxygen atoms in total. The summed E-state index contributed by atoms with van der Waals surface area (Å²) in [6.45, 7) is 0.729. The number of hydrogen-bond donors (Lipinski definition) is 1. The van der Waals surface area contributed by atoms with Gasteiger partial charge in [0.15, 0.2) is 0 Å². The fourth-order valence-corrected chi connectivity index (χ4v) is 2.17. The van der Waals surface area contributed by atoms with E-state index < -0.39 is 0 Å². The quantitative estimate of drug-likeness (QED) is 0.686. The molecule has 0 radical (unpaired) electrons. The molecule has 0 aliphatic heterocycles. The monoisotopic (exact) mass is 300 g/mol. The molecule has 1 aliphatic rings. The fraction of sp³-hybridized carbons (Fsp3) is 0.500. The lowest BCUT2D eigenvalue weighted by Crippen LogP contribution is -2.25. The average molecular weight is 301 g/mol. The molecular formula is C12H17BrN2O2. The Morgan fingerprint density at radius 2 is 2.06 bits per heavy atom. The van der Waals surface area contributed by atoms with Gasteiger partial charge in [0.1, 0.15) is 0 Å². The van der Waals surface area contributed by atoms with Crippen LogP contribution < -0.4 is 5.32 Å². The summed E-state index contributed by atoms with van der Waals surface area (Å²) in [6.07, 6.45) is 5.06. The highest BCUT2D eigenvalue weighted by Gasteiger charge is 2.14. The van der Waals surface area contributed by atoms with Gasteiger partial charge in [0.2, 0.25) is 0 Å². The van der Waals surface area contributed by atoms with Gasteiger partial charge in [0.25, 0.3) is 5.69 Å². The first-order valence-electron chi connectivity index (χ1n) is 5.72. The predicted molar refractivity (Wildman–Crippen MR) is 72.5 cm³/mol. The van der Waals surface area contributed by atoms with Crippen molar-refractivity contribution >= 4 is 22.7 Å². The molecule has 0 aromatic heterocycles. The minimum absolute atomic E-state index is 0. The minimum Gasteiger partial charge on any atom is -0.310 e. The second kappa shape index (κ2) is 6.71. The largest absolute Gasteiger partial charge is 0.310 e. The third-order valence-corrected chi connectivity index (χ3v) is 3.07. The van der Waals surface area contributed by atoms with Crippen molar-refractivity contribution in [1.29, 1.82) is 0 Å². The van der Waals surface area contributed by atoms with Gasteiger partial charge in [-0.25, -0.2) is 0 Å². The van der Waals surface area contributed by atoms with Gasteiger partial charge < -0.3 is 5.32 Å². The molecule has 0 spiro atoms. The summed E-state index contributed by atoms with van der Waals surface area (Å²) in [5, 5.41) is 14.0. The molecule has 1 aromatic carbocycles. The summed E-state index contributed by atoms with van der Waals surface area (Å²) in [6, 6.07) is 7.43. The van der Waals surface area contributed by atoms with E-state index >= 15 is 0 Å². The number of rotatable bonds is 4. The summed E-state index contributed by atoms with van der Waals surface area (Å²) < 4.78 is 0. The molecule has 0 atom stereocenters. The maximum absolute atomic E-state index is 10.6. The van der Waals surface area contributed by atoms with Crippen LogP contribution in [0.4, 0.5) is 5.69 Å².